The van der Waals surface area contributed by atoms with Gasteiger partial charge in [-0.15, -0.1) is 0 Å². The normalized spacial score (nSPS) is 12.0. The number of halogens is 1. The average molecular weight is 423 g/mol. The summed E-state index contributed by atoms with van der Waals surface area (Å²) >= 11 is 3.13. The number of sulfonamides is 1. The van der Waals surface area contributed by atoms with Crippen molar-refractivity contribution in [3.63, 3.8) is 0 Å². The van der Waals surface area contributed by atoms with Crippen LogP contribution in [0.5, 0.6) is 0 Å². The third-order valence-corrected chi connectivity index (χ3v) is 5.84. The number of esters is 1. The second-order valence-electron chi connectivity index (χ2n) is 5.36. The molecule has 0 heterocycles. The van der Waals surface area contributed by atoms with Crippen LogP contribution < -0.4 is 0 Å². The van der Waals surface area contributed by atoms with Gasteiger partial charge >= 0.3 is 5.97 Å². The molecule has 0 N–H and O–H groups in total. The second-order valence-corrected chi connectivity index (χ2v) is 7.63. The third-order valence-electron chi connectivity index (χ3n) is 3.23. The minimum absolute atomic E-state index is 0.0136. The van der Waals surface area contributed by atoms with E-state index in [1.807, 2.05) is 19.0 Å². The predicted molar refractivity (Wildman–Crippen MR) is 94.5 cm³/mol. The topological polar surface area (TPSA) is 76.2 Å². The summed E-state index contributed by atoms with van der Waals surface area (Å²) in [6.45, 7) is 2.63. The standard InChI is InChI=1S/C15H23BrN2O5S/c1-12-7-5-8-13(15(19)22-4)14(12)24(20,21)18(11-16)23-10-6-9-17(2)3/h5,7-8H,6,9-11H2,1-4H3. The molecule has 0 aliphatic heterocycles. The lowest BCUT2D eigenvalue weighted by Crippen LogP contribution is -2.33. The molecule has 0 aliphatic carbocycles. The van der Waals surface area contributed by atoms with E-state index in [9.17, 15) is 13.2 Å². The molecule has 0 amide bonds. The van der Waals surface area contributed by atoms with E-state index >= 15 is 0 Å². The predicted octanol–water partition coefficient (Wildman–Crippen LogP) is 2.01. The van der Waals surface area contributed by atoms with Crippen molar-refractivity contribution < 1.29 is 22.8 Å². The fraction of sp³-hybridized carbons (Fsp3) is 0.533. The van der Waals surface area contributed by atoms with Crippen LogP contribution in [0.15, 0.2) is 23.1 Å². The third kappa shape index (κ3) is 5.25. The summed E-state index contributed by atoms with van der Waals surface area (Å²) in [6.07, 6.45) is 0.670. The van der Waals surface area contributed by atoms with Gasteiger partial charge in [-0.3, -0.25) is 4.84 Å². The van der Waals surface area contributed by atoms with E-state index in [4.69, 9.17) is 4.84 Å². The van der Waals surface area contributed by atoms with Crippen LogP contribution in [0.3, 0.4) is 0 Å². The number of hydrogen-bond acceptors (Lipinski definition) is 6. The Hall–Kier alpha value is -1.00. The number of rotatable bonds is 9. The molecule has 0 atom stereocenters. The first-order chi connectivity index (χ1) is 11.3. The molecular formula is C15H23BrN2O5S. The van der Waals surface area contributed by atoms with Gasteiger partial charge in [-0.2, -0.15) is 0 Å². The molecule has 0 radical (unpaired) electrons. The number of hydroxylamine groups is 1. The molecule has 0 unspecified atom stereocenters. The van der Waals surface area contributed by atoms with E-state index in [1.165, 1.54) is 13.2 Å². The zero-order valence-corrected chi connectivity index (χ0v) is 16.7. The number of benzene rings is 1. The van der Waals surface area contributed by atoms with Crippen molar-refractivity contribution in [1.82, 2.24) is 9.37 Å². The second kappa shape index (κ2) is 9.47. The van der Waals surface area contributed by atoms with Crippen LogP contribution in [0.2, 0.25) is 0 Å². The highest BCUT2D eigenvalue weighted by Gasteiger charge is 2.31. The molecule has 0 aliphatic rings. The van der Waals surface area contributed by atoms with Crippen LogP contribution >= 0.6 is 15.9 Å². The van der Waals surface area contributed by atoms with Crippen molar-refractivity contribution in [1.29, 1.82) is 0 Å². The lowest BCUT2D eigenvalue weighted by molar-refractivity contribution is -0.0710. The lowest BCUT2D eigenvalue weighted by atomic mass is 10.1. The first kappa shape index (κ1) is 21.0. The van der Waals surface area contributed by atoms with Gasteiger partial charge in [-0.1, -0.05) is 32.5 Å². The Bertz CT molecular complexity index is 664. The number of carbonyl (C=O) groups excluding carboxylic acids is 1. The van der Waals surface area contributed by atoms with E-state index < -0.39 is 16.0 Å². The number of aryl methyl sites for hydroxylation is 1. The summed E-state index contributed by atoms with van der Waals surface area (Å²) in [5, 5.41) is 0. The molecular weight excluding hydrogens is 400 g/mol. The molecule has 1 rings (SSSR count). The van der Waals surface area contributed by atoms with E-state index in [0.717, 1.165) is 11.0 Å². The average Bonchev–Trinajstić information content (AvgIpc) is 2.53. The maximum absolute atomic E-state index is 12.9. The highest BCUT2D eigenvalue weighted by Crippen LogP contribution is 2.25. The minimum atomic E-state index is -4.02. The van der Waals surface area contributed by atoms with E-state index in [0.29, 0.717) is 12.0 Å². The molecule has 0 spiro atoms. The number of methoxy groups -OCH3 is 1. The van der Waals surface area contributed by atoms with Crippen LogP contribution in [0.4, 0.5) is 0 Å². The smallest absolute Gasteiger partial charge is 0.339 e. The van der Waals surface area contributed by atoms with Crippen LogP contribution in [0.1, 0.15) is 22.3 Å². The van der Waals surface area contributed by atoms with Crippen molar-refractivity contribution in [2.24, 2.45) is 0 Å². The highest BCUT2D eigenvalue weighted by atomic mass is 79.9. The Morgan fingerprint density at radius 3 is 2.50 bits per heavy atom. The van der Waals surface area contributed by atoms with E-state index in [2.05, 4.69) is 20.7 Å². The Morgan fingerprint density at radius 1 is 1.29 bits per heavy atom. The van der Waals surface area contributed by atoms with Crippen molar-refractivity contribution in [3.8, 4) is 0 Å². The molecule has 24 heavy (non-hydrogen) atoms. The van der Waals surface area contributed by atoms with Gasteiger partial charge in [0.15, 0.2) is 0 Å². The van der Waals surface area contributed by atoms with Crippen molar-refractivity contribution in [2.45, 2.75) is 18.2 Å². The van der Waals surface area contributed by atoms with Crippen LogP contribution in [-0.2, 0) is 19.6 Å². The summed E-state index contributed by atoms with van der Waals surface area (Å²) in [6, 6.07) is 4.65. The van der Waals surface area contributed by atoms with Gasteiger partial charge in [0.2, 0.25) is 0 Å². The maximum Gasteiger partial charge on any atom is 0.339 e. The number of ether oxygens (including phenoxy) is 1. The lowest BCUT2D eigenvalue weighted by Gasteiger charge is -2.22. The molecule has 0 aromatic heterocycles. The molecule has 0 saturated heterocycles. The summed E-state index contributed by atoms with van der Waals surface area (Å²) in [5.41, 5.74) is 0.382. The summed E-state index contributed by atoms with van der Waals surface area (Å²) in [7, 11) is 1.04. The molecule has 0 bridgehead atoms. The Labute approximate surface area is 151 Å². The van der Waals surface area contributed by atoms with Gasteiger partial charge in [0.1, 0.15) is 4.90 Å². The van der Waals surface area contributed by atoms with E-state index in [1.54, 1.807) is 19.1 Å². The SMILES string of the molecule is COC(=O)c1cccc(C)c1S(=O)(=O)N(CBr)OCCCN(C)C. The van der Waals surface area contributed by atoms with Crippen molar-refractivity contribution in [2.75, 3.05) is 39.8 Å². The number of carbonyl (C=O) groups is 1. The van der Waals surface area contributed by atoms with Crippen LogP contribution in [-0.4, -0.2) is 63.6 Å². The van der Waals surface area contributed by atoms with Crippen LogP contribution in [0.25, 0.3) is 0 Å². The van der Waals surface area contributed by atoms with Crippen molar-refractivity contribution in [3.05, 3.63) is 29.3 Å². The molecule has 1 aromatic carbocycles. The number of alkyl halides is 1. The maximum atomic E-state index is 12.9. The van der Waals surface area contributed by atoms with Gasteiger partial charge in [0.05, 0.1) is 24.7 Å². The summed E-state index contributed by atoms with van der Waals surface area (Å²) in [5.74, 6) is -0.709. The molecule has 0 fully saturated rings. The molecule has 0 saturated carbocycles. The van der Waals surface area contributed by atoms with Gasteiger partial charge < -0.3 is 9.64 Å². The number of nitrogens with zero attached hydrogens (tertiary/aromatic N) is 2. The zero-order valence-electron chi connectivity index (χ0n) is 14.3. The zero-order chi connectivity index (χ0) is 18.3. The minimum Gasteiger partial charge on any atom is -0.465 e. The molecule has 136 valence electrons. The van der Waals surface area contributed by atoms with Gasteiger partial charge in [0.25, 0.3) is 10.0 Å². The summed E-state index contributed by atoms with van der Waals surface area (Å²) < 4.78 is 31.3. The van der Waals surface area contributed by atoms with Crippen LogP contribution in [0, 0.1) is 6.92 Å². The van der Waals surface area contributed by atoms with Crippen molar-refractivity contribution >= 4 is 31.9 Å². The Balaban J connectivity index is 3.11. The number of hydrogen-bond donors (Lipinski definition) is 0. The monoisotopic (exact) mass is 422 g/mol. The first-order valence-corrected chi connectivity index (χ1v) is 9.86. The van der Waals surface area contributed by atoms with E-state index in [-0.39, 0.29) is 22.5 Å². The fourth-order valence-corrected chi connectivity index (χ4v) is 4.49. The largest absolute Gasteiger partial charge is 0.465 e. The first-order valence-electron chi connectivity index (χ1n) is 7.30. The quantitative estimate of drug-likeness (QED) is 0.199. The highest BCUT2D eigenvalue weighted by molar-refractivity contribution is 9.09. The fourth-order valence-electron chi connectivity index (χ4n) is 2.08. The molecule has 7 nitrogen and oxygen atoms in total. The van der Waals surface area contributed by atoms with Gasteiger partial charge in [-0.25, -0.2) is 13.2 Å². The van der Waals surface area contributed by atoms with Gasteiger partial charge in [0, 0.05) is 0 Å². The summed E-state index contributed by atoms with van der Waals surface area (Å²) in [4.78, 5) is 19.2. The molecule has 1 aromatic rings. The Morgan fingerprint density at radius 2 is 1.96 bits per heavy atom. The molecule has 9 heteroatoms. The Kier molecular flexibility index (Phi) is 8.31. The van der Waals surface area contributed by atoms with Gasteiger partial charge in [-0.05, 0) is 45.6 Å².